The lowest BCUT2D eigenvalue weighted by molar-refractivity contribution is 0.187. The first-order valence-corrected chi connectivity index (χ1v) is 6.61. The Morgan fingerprint density at radius 3 is 2.76 bits per heavy atom. The Balaban J connectivity index is 2.38. The molecular formula is C11H12IN3OS. The van der Waals surface area contributed by atoms with Gasteiger partial charge in [-0.25, -0.2) is 0 Å². The highest BCUT2D eigenvalue weighted by Crippen LogP contribution is 2.18. The monoisotopic (exact) mass is 361 g/mol. The van der Waals surface area contributed by atoms with Crippen molar-refractivity contribution in [2.75, 3.05) is 13.7 Å². The van der Waals surface area contributed by atoms with Gasteiger partial charge >= 0.3 is 0 Å². The first kappa shape index (κ1) is 12.7. The first-order chi connectivity index (χ1) is 8.22. The van der Waals surface area contributed by atoms with Crippen LogP contribution in [-0.4, -0.2) is 28.5 Å². The minimum atomic E-state index is 0.616. The summed E-state index contributed by atoms with van der Waals surface area (Å²) >= 11 is 7.48. The molecule has 2 aromatic rings. The molecule has 0 bridgehead atoms. The summed E-state index contributed by atoms with van der Waals surface area (Å²) in [4.78, 5) is 0. The Bertz CT molecular complexity index is 547. The molecule has 6 heteroatoms. The molecule has 1 aromatic carbocycles. The first-order valence-electron chi connectivity index (χ1n) is 5.12. The summed E-state index contributed by atoms with van der Waals surface area (Å²) in [5, 5.41) is 7.07. The molecule has 0 amide bonds. The van der Waals surface area contributed by atoms with Gasteiger partial charge in [0.2, 0.25) is 0 Å². The second-order valence-corrected chi connectivity index (χ2v) is 5.14. The summed E-state index contributed by atoms with van der Waals surface area (Å²) in [6, 6.07) is 8.18. The van der Waals surface area contributed by atoms with Crippen molar-refractivity contribution in [3.05, 3.63) is 32.6 Å². The van der Waals surface area contributed by atoms with Gasteiger partial charge in [0.05, 0.1) is 13.2 Å². The Kier molecular flexibility index (Phi) is 4.30. The average molecular weight is 361 g/mol. The van der Waals surface area contributed by atoms with Gasteiger partial charge in [0.25, 0.3) is 0 Å². The predicted octanol–water partition coefficient (Wildman–Crippen LogP) is 2.86. The van der Waals surface area contributed by atoms with E-state index in [2.05, 4.69) is 32.8 Å². The maximum Gasteiger partial charge on any atom is 0.195 e. The van der Waals surface area contributed by atoms with Gasteiger partial charge in [-0.15, -0.1) is 0 Å². The van der Waals surface area contributed by atoms with Crippen LogP contribution < -0.4 is 0 Å². The van der Waals surface area contributed by atoms with E-state index in [9.17, 15) is 0 Å². The molecule has 17 heavy (non-hydrogen) atoms. The Morgan fingerprint density at radius 1 is 1.41 bits per heavy atom. The standard InChI is InChI=1S/C11H12IN3OS/c1-16-7-6-15-10(13-14-11(15)17)8-2-4-9(12)5-3-8/h2-5H,6-7H2,1H3,(H,14,17). The second-order valence-electron chi connectivity index (χ2n) is 3.50. The minimum Gasteiger partial charge on any atom is -0.383 e. The number of H-pyrrole nitrogens is 1. The number of hydrogen-bond donors (Lipinski definition) is 1. The molecule has 0 saturated heterocycles. The number of rotatable bonds is 4. The van der Waals surface area contributed by atoms with E-state index in [0.29, 0.717) is 17.9 Å². The van der Waals surface area contributed by atoms with Crippen LogP contribution >= 0.6 is 34.8 Å². The Hall–Kier alpha value is -0.730. The van der Waals surface area contributed by atoms with Gasteiger partial charge in [0.1, 0.15) is 0 Å². The highest BCUT2D eigenvalue weighted by atomic mass is 127. The third-order valence-corrected chi connectivity index (χ3v) is 3.41. The second kappa shape index (κ2) is 5.74. The van der Waals surface area contributed by atoms with Crippen LogP contribution in [0.3, 0.4) is 0 Å². The molecule has 4 nitrogen and oxygen atoms in total. The number of halogens is 1. The number of methoxy groups -OCH3 is 1. The number of aromatic amines is 1. The fraction of sp³-hybridized carbons (Fsp3) is 0.273. The topological polar surface area (TPSA) is 42.8 Å². The molecular weight excluding hydrogens is 349 g/mol. The quantitative estimate of drug-likeness (QED) is 0.673. The number of aromatic nitrogens is 3. The largest absolute Gasteiger partial charge is 0.383 e. The molecule has 0 saturated carbocycles. The van der Waals surface area contributed by atoms with E-state index in [1.165, 1.54) is 3.57 Å². The molecule has 0 fully saturated rings. The number of benzene rings is 1. The van der Waals surface area contributed by atoms with Crippen molar-refractivity contribution in [2.24, 2.45) is 0 Å². The summed E-state index contributed by atoms with van der Waals surface area (Å²) in [6.07, 6.45) is 0. The molecule has 2 rings (SSSR count). The van der Waals surface area contributed by atoms with Gasteiger partial charge in [0, 0.05) is 16.2 Å². The SMILES string of the molecule is COCCn1c(-c2ccc(I)cc2)n[nH]c1=S. The molecule has 1 aromatic heterocycles. The molecule has 0 aliphatic carbocycles. The summed E-state index contributed by atoms with van der Waals surface area (Å²) in [5.74, 6) is 0.850. The van der Waals surface area contributed by atoms with Gasteiger partial charge in [-0.2, -0.15) is 5.10 Å². The number of nitrogens with one attached hydrogen (secondary N) is 1. The third-order valence-electron chi connectivity index (χ3n) is 2.38. The molecule has 1 heterocycles. The molecule has 0 atom stereocenters. The average Bonchev–Trinajstić information content (AvgIpc) is 2.69. The predicted molar refractivity (Wildman–Crippen MR) is 77.4 cm³/mol. The highest BCUT2D eigenvalue weighted by Gasteiger charge is 2.08. The van der Waals surface area contributed by atoms with E-state index in [0.717, 1.165) is 11.4 Å². The minimum absolute atomic E-state index is 0.616. The summed E-state index contributed by atoms with van der Waals surface area (Å²) in [5.41, 5.74) is 1.05. The fourth-order valence-corrected chi connectivity index (χ4v) is 2.11. The van der Waals surface area contributed by atoms with Gasteiger partial charge in [-0.05, 0) is 46.9 Å². The number of nitrogens with zero attached hydrogens (tertiary/aromatic N) is 2. The van der Waals surface area contributed by atoms with Crippen molar-refractivity contribution in [1.29, 1.82) is 0 Å². The highest BCUT2D eigenvalue weighted by molar-refractivity contribution is 14.1. The van der Waals surface area contributed by atoms with Crippen molar-refractivity contribution < 1.29 is 4.74 Å². The van der Waals surface area contributed by atoms with Gasteiger partial charge in [-0.1, -0.05) is 12.1 Å². The number of hydrogen-bond acceptors (Lipinski definition) is 3. The van der Waals surface area contributed by atoms with E-state index in [4.69, 9.17) is 17.0 Å². The normalized spacial score (nSPS) is 10.7. The lowest BCUT2D eigenvalue weighted by Crippen LogP contribution is -2.06. The van der Waals surface area contributed by atoms with E-state index in [1.54, 1.807) is 7.11 Å². The van der Waals surface area contributed by atoms with Crippen LogP contribution in [0.2, 0.25) is 0 Å². The van der Waals surface area contributed by atoms with Crippen LogP contribution in [0.25, 0.3) is 11.4 Å². The zero-order chi connectivity index (χ0) is 12.3. The van der Waals surface area contributed by atoms with Crippen molar-refractivity contribution in [3.8, 4) is 11.4 Å². The summed E-state index contributed by atoms with van der Waals surface area (Å²) < 4.78 is 8.83. The van der Waals surface area contributed by atoms with Gasteiger partial charge in [-0.3, -0.25) is 9.67 Å². The fourth-order valence-electron chi connectivity index (χ4n) is 1.53. The van der Waals surface area contributed by atoms with Gasteiger partial charge < -0.3 is 4.74 Å². The molecule has 0 spiro atoms. The lowest BCUT2D eigenvalue weighted by atomic mass is 10.2. The molecule has 90 valence electrons. The van der Waals surface area contributed by atoms with E-state index < -0.39 is 0 Å². The Morgan fingerprint density at radius 2 is 2.12 bits per heavy atom. The van der Waals surface area contributed by atoms with Crippen molar-refractivity contribution in [2.45, 2.75) is 6.54 Å². The van der Waals surface area contributed by atoms with Crippen LogP contribution in [0.5, 0.6) is 0 Å². The summed E-state index contributed by atoms with van der Waals surface area (Å²) in [7, 11) is 1.67. The maximum atomic E-state index is 5.20. The van der Waals surface area contributed by atoms with Crippen LogP contribution in [0.15, 0.2) is 24.3 Å². The molecule has 0 aliphatic rings. The van der Waals surface area contributed by atoms with E-state index in [-0.39, 0.29) is 0 Å². The zero-order valence-corrected chi connectivity index (χ0v) is 12.3. The van der Waals surface area contributed by atoms with E-state index >= 15 is 0 Å². The summed E-state index contributed by atoms with van der Waals surface area (Å²) in [6.45, 7) is 1.32. The smallest absolute Gasteiger partial charge is 0.195 e. The van der Waals surface area contributed by atoms with Crippen LogP contribution in [-0.2, 0) is 11.3 Å². The molecule has 0 aliphatic heterocycles. The molecule has 0 unspecified atom stereocenters. The molecule has 0 radical (unpaired) electrons. The lowest BCUT2D eigenvalue weighted by Gasteiger charge is -2.06. The van der Waals surface area contributed by atoms with E-state index in [1.807, 2.05) is 28.8 Å². The zero-order valence-electron chi connectivity index (χ0n) is 9.31. The van der Waals surface area contributed by atoms with Crippen LogP contribution in [0.4, 0.5) is 0 Å². The number of ether oxygens (including phenoxy) is 1. The van der Waals surface area contributed by atoms with Crippen LogP contribution in [0.1, 0.15) is 0 Å². The maximum absolute atomic E-state index is 5.20. The third kappa shape index (κ3) is 2.93. The Labute approximate surface area is 118 Å². The van der Waals surface area contributed by atoms with Gasteiger partial charge in [0.15, 0.2) is 10.6 Å². The van der Waals surface area contributed by atoms with Crippen molar-refractivity contribution >= 4 is 34.8 Å². The molecule has 1 N–H and O–H groups in total. The van der Waals surface area contributed by atoms with Crippen molar-refractivity contribution in [1.82, 2.24) is 14.8 Å². The van der Waals surface area contributed by atoms with Crippen LogP contribution in [0, 0.1) is 8.34 Å². The van der Waals surface area contributed by atoms with Crippen molar-refractivity contribution in [3.63, 3.8) is 0 Å².